The number of amides is 2. The number of thiophene rings is 1. The van der Waals surface area contributed by atoms with Gasteiger partial charge in [0.2, 0.25) is 0 Å². The summed E-state index contributed by atoms with van der Waals surface area (Å²) in [5.41, 5.74) is 1.49. The van der Waals surface area contributed by atoms with Crippen molar-refractivity contribution in [2.45, 2.75) is 6.54 Å². The van der Waals surface area contributed by atoms with Crippen LogP contribution in [0.15, 0.2) is 44.4 Å². The first-order valence-electron chi connectivity index (χ1n) is 7.16. The molecule has 4 N–H and O–H groups in total. The Morgan fingerprint density at radius 2 is 1.92 bits per heavy atom. The van der Waals surface area contributed by atoms with Crippen molar-refractivity contribution < 1.29 is 14.7 Å². The molecule has 0 radical (unpaired) electrons. The summed E-state index contributed by atoms with van der Waals surface area (Å²) in [6.07, 6.45) is 0. The Bertz CT molecular complexity index is 1040. The van der Waals surface area contributed by atoms with Crippen molar-refractivity contribution in [2.75, 3.05) is 10.7 Å². The van der Waals surface area contributed by atoms with Crippen LogP contribution < -0.4 is 27.2 Å². The Kier molecular flexibility index (Phi) is 4.91. The van der Waals surface area contributed by atoms with Gasteiger partial charge in [0.1, 0.15) is 5.00 Å². The molecule has 0 unspecified atom stereocenters. The standard InChI is InChI=1S/C15H11BrN4O5S/c16-7-2-1-3-8(4-7)18-15(25)17-6-9-5-10(14(23)24)11(26-9)19-20-12(21)13(20)22/h1-5,19H,6H2,(H,23,24)(H2,17,18,25). The van der Waals surface area contributed by atoms with Gasteiger partial charge in [0.05, 0.1) is 12.1 Å². The maximum atomic E-state index is 11.9. The summed E-state index contributed by atoms with van der Waals surface area (Å²) in [7, 11) is 0. The number of urea groups is 1. The second-order valence-corrected chi connectivity index (χ2v) is 7.19. The maximum Gasteiger partial charge on any atom is 0.340 e. The second kappa shape index (κ2) is 7.14. The zero-order valence-corrected chi connectivity index (χ0v) is 15.3. The number of hydrogen-bond acceptors (Lipinski definition) is 6. The highest BCUT2D eigenvalue weighted by atomic mass is 79.9. The molecule has 0 bridgehead atoms. The molecule has 0 saturated heterocycles. The predicted octanol–water partition coefficient (Wildman–Crippen LogP) is 1.80. The van der Waals surface area contributed by atoms with Crippen LogP contribution in [0.4, 0.5) is 15.5 Å². The summed E-state index contributed by atoms with van der Waals surface area (Å²) >= 11 is 4.32. The average Bonchev–Trinajstić information content (AvgIpc) is 2.97. The molecule has 2 heterocycles. The van der Waals surface area contributed by atoms with Crippen LogP contribution in [0, 0.1) is 0 Å². The fourth-order valence-electron chi connectivity index (χ4n) is 2.02. The van der Waals surface area contributed by atoms with Crippen LogP contribution >= 0.6 is 27.3 Å². The lowest BCUT2D eigenvalue weighted by molar-refractivity contribution is 0.0698. The summed E-state index contributed by atoms with van der Waals surface area (Å²) in [5, 5.41) is 14.6. The van der Waals surface area contributed by atoms with E-state index in [0.717, 1.165) is 20.5 Å². The molecule has 0 aliphatic heterocycles. The molecule has 2 amide bonds. The van der Waals surface area contributed by atoms with E-state index in [2.05, 4.69) is 32.0 Å². The molecule has 26 heavy (non-hydrogen) atoms. The van der Waals surface area contributed by atoms with Crippen molar-refractivity contribution in [3.63, 3.8) is 0 Å². The molecule has 11 heteroatoms. The van der Waals surface area contributed by atoms with Gasteiger partial charge in [-0.3, -0.25) is 15.0 Å². The minimum absolute atomic E-state index is 0.0777. The molecule has 0 atom stereocenters. The quantitative estimate of drug-likeness (QED) is 0.434. The maximum absolute atomic E-state index is 11.9. The number of benzene rings is 1. The normalized spacial score (nSPS) is 10.7. The monoisotopic (exact) mass is 438 g/mol. The van der Waals surface area contributed by atoms with E-state index in [9.17, 15) is 24.3 Å². The van der Waals surface area contributed by atoms with E-state index in [1.165, 1.54) is 6.07 Å². The highest BCUT2D eigenvalue weighted by Gasteiger charge is 2.21. The molecular weight excluding hydrogens is 428 g/mol. The van der Waals surface area contributed by atoms with E-state index in [4.69, 9.17) is 0 Å². The van der Waals surface area contributed by atoms with Crippen LogP contribution in [-0.4, -0.2) is 21.8 Å². The zero-order chi connectivity index (χ0) is 18.8. The molecule has 0 aliphatic carbocycles. The highest BCUT2D eigenvalue weighted by Crippen LogP contribution is 2.28. The first kappa shape index (κ1) is 17.9. The van der Waals surface area contributed by atoms with E-state index in [0.29, 0.717) is 10.6 Å². The Morgan fingerprint density at radius 1 is 1.19 bits per heavy atom. The third-order valence-corrected chi connectivity index (χ3v) is 4.80. The molecule has 3 aromatic rings. The van der Waals surface area contributed by atoms with E-state index in [1.807, 2.05) is 6.07 Å². The van der Waals surface area contributed by atoms with Crippen molar-refractivity contribution in [2.24, 2.45) is 0 Å². The Balaban J connectivity index is 1.65. The van der Waals surface area contributed by atoms with Crippen molar-refractivity contribution in [1.29, 1.82) is 0 Å². The first-order chi connectivity index (χ1) is 12.3. The predicted molar refractivity (Wildman–Crippen MR) is 99.6 cm³/mol. The molecule has 0 fully saturated rings. The Morgan fingerprint density at radius 3 is 2.54 bits per heavy atom. The van der Waals surface area contributed by atoms with Gasteiger partial charge in [-0.15, -0.1) is 11.3 Å². The Hall–Kier alpha value is -2.92. The lowest BCUT2D eigenvalue weighted by Crippen LogP contribution is -2.27. The van der Waals surface area contributed by atoms with Gasteiger partial charge in [-0.05, 0) is 24.3 Å². The summed E-state index contributed by atoms with van der Waals surface area (Å²) in [6.45, 7) is 0.0777. The molecule has 3 rings (SSSR count). The lowest BCUT2D eigenvalue weighted by Gasteiger charge is -2.06. The smallest absolute Gasteiger partial charge is 0.340 e. The lowest BCUT2D eigenvalue weighted by atomic mass is 10.3. The van der Waals surface area contributed by atoms with Gasteiger partial charge in [0, 0.05) is 15.0 Å². The van der Waals surface area contributed by atoms with E-state index < -0.39 is 23.1 Å². The number of hydrogen-bond donors (Lipinski definition) is 4. The van der Waals surface area contributed by atoms with Gasteiger partial charge in [-0.2, -0.15) is 4.68 Å². The van der Waals surface area contributed by atoms with Crippen LogP contribution in [0.25, 0.3) is 0 Å². The third kappa shape index (κ3) is 4.00. The number of carbonyl (C=O) groups excluding carboxylic acids is 1. The average molecular weight is 439 g/mol. The number of carbonyl (C=O) groups is 2. The molecule has 0 spiro atoms. The highest BCUT2D eigenvalue weighted by molar-refractivity contribution is 9.10. The molecule has 134 valence electrons. The van der Waals surface area contributed by atoms with Gasteiger partial charge in [0.25, 0.3) is 0 Å². The fourth-order valence-corrected chi connectivity index (χ4v) is 3.39. The van der Waals surface area contributed by atoms with Gasteiger partial charge in [0.15, 0.2) is 0 Å². The number of nitrogens with one attached hydrogen (secondary N) is 3. The van der Waals surface area contributed by atoms with Crippen molar-refractivity contribution >= 4 is 50.0 Å². The molecule has 2 aromatic heterocycles. The summed E-state index contributed by atoms with van der Waals surface area (Å²) < 4.78 is 1.53. The second-order valence-electron chi connectivity index (χ2n) is 5.14. The van der Waals surface area contributed by atoms with Gasteiger partial charge < -0.3 is 15.7 Å². The number of aromatic carboxylic acids is 1. The topological polar surface area (TPSA) is 130 Å². The number of anilines is 2. The Labute approximate surface area is 158 Å². The summed E-state index contributed by atoms with van der Waals surface area (Å²) in [6, 6.07) is 7.95. The van der Waals surface area contributed by atoms with Crippen LogP contribution in [0.3, 0.4) is 0 Å². The van der Waals surface area contributed by atoms with E-state index >= 15 is 0 Å². The largest absolute Gasteiger partial charge is 0.478 e. The minimum Gasteiger partial charge on any atom is -0.478 e. The number of carboxylic acids is 1. The zero-order valence-electron chi connectivity index (χ0n) is 12.9. The fraction of sp³-hybridized carbons (Fsp3) is 0.0667. The van der Waals surface area contributed by atoms with Crippen molar-refractivity contribution in [1.82, 2.24) is 9.99 Å². The molecule has 0 saturated carbocycles. The molecule has 9 nitrogen and oxygen atoms in total. The van der Waals surface area contributed by atoms with Gasteiger partial charge in [-0.25, -0.2) is 9.59 Å². The van der Waals surface area contributed by atoms with Crippen molar-refractivity contribution in [3.05, 3.63) is 66.0 Å². The first-order valence-corrected chi connectivity index (χ1v) is 8.77. The van der Waals surface area contributed by atoms with E-state index in [1.54, 1.807) is 18.2 Å². The van der Waals surface area contributed by atoms with Crippen LogP contribution in [0.5, 0.6) is 0 Å². The van der Waals surface area contributed by atoms with Gasteiger partial charge >= 0.3 is 23.1 Å². The summed E-state index contributed by atoms with van der Waals surface area (Å²) in [4.78, 5) is 45.8. The number of carboxylic acid groups (broad SMARTS) is 1. The summed E-state index contributed by atoms with van der Waals surface area (Å²) in [5.74, 6) is -1.21. The number of aromatic nitrogens is 1. The van der Waals surface area contributed by atoms with Gasteiger partial charge in [-0.1, -0.05) is 22.0 Å². The SMILES string of the molecule is O=C(NCc1cc(C(=O)O)c(Nn2c(=O)c2=O)s1)Nc1cccc(Br)c1. The van der Waals surface area contributed by atoms with Crippen molar-refractivity contribution in [3.8, 4) is 0 Å². The van der Waals surface area contributed by atoms with Crippen LogP contribution in [-0.2, 0) is 6.54 Å². The van der Waals surface area contributed by atoms with Crippen LogP contribution in [0.1, 0.15) is 15.2 Å². The molecular formula is C15H11BrN4O5S. The minimum atomic E-state index is -1.21. The van der Waals surface area contributed by atoms with E-state index in [-0.39, 0.29) is 17.1 Å². The number of rotatable bonds is 6. The number of halogens is 1. The number of nitrogens with zero attached hydrogens (tertiary/aromatic N) is 1. The third-order valence-electron chi connectivity index (χ3n) is 3.27. The molecule has 1 aromatic carbocycles. The van der Waals surface area contributed by atoms with Crippen LogP contribution in [0.2, 0.25) is 0 Å². The molecule has 0 aliphatic rings.